The highest BCUT2D eigenvalue weighted by atomic mass is 16.4. The molecule has 0 saturated carbocycles. The van der Waals surface area contributed by atoms with Gasteiger partial charge in [-0.25, -0.2) is 9.48 Å². The number of rotatable bonds is 4. The van der Waals surface area contributed by atoms with Crippen LogP contribution >= 0.6 is 0 Å². The molecule has 2 aromatic carbocycles. The maximum absolute atomic E-state index is 11.5. The number of carboxylic acids is 1. The fourth-order valence-electron chi connectivity index (χ4n) is 2.69. The molecule has 10 nitrogen and oxygen atoms in total. The normalized spacial score (nSPS) is 10.9. The molecule has 4 aromatic rings. The van der Waals surface area contributed by atoms with Gasteiger partial charge in [0.25, 0.3) is 0 Å². The predicted octanol–water partition coefficient (Wildman–Crippen LogP) is 1.00. The van der Waals surface area contributed by atoms with E-state index < -0.39 is 11.9 Å². The summed E-state index contributed by atoms with van der Waals surface area (Å²) >= 11 is 0. The summed E-state index contributed by atoms with van der Waals surface area (Å²) in [5.41, 5.74) is 7.60. The van der Waals surface area contributed by atoms with Gasteiger partial charge in [0, 0.05) is 16.5 Å². The van der Waals surface area contributed by atoms with Crippen LogP contribution in [0, 0.1) is 0 Å². The fraction of sp³-hybridized carbons (Fsp3) is 0. The Labute approximate surface area is 145 Å². The monoisotopic (exact) mass is 349 g/mol. The number of hydrogen-bond donors (Lipinski definition) is 3. The molecule has 2 heterocycles. The van der Waals surface area contributed by atoms with Crippen LogP contribution in [0.2, 0.25) is 0 Å². The van der Waals surface area contributed by atoms with E-state index in [0.717, 1.165) is 0 Å². The molecule has 4 rings (SSSR count). The third-order valence-electron chi connectivity index (χ3n) is 3.91. The number of benzene rings is 2. The quantitative estimate of drug-likeness (QED) is 0.497. The summed E-state index contributed by atoms with van der Waals surface area (Å²) in [5.74, 6) is -1.33. The predicted molar refractivity (Wildman–Crippen MR) is 89.7 cm³/mol. The zero-order chi connectivity index (χ0) is 18.3. The van der Waals surface area contributed by atoms with Crippen LogP contribution in [-0.4, -0.2) is 47.4 Å². The first-order chi connectivity index (χ1) is 12.5. The minimum absolute atomic E-state index is 0.166. The van der Waals surface area contributed by atoms with Gasteiger partial charge in [-0.2, -0.15) is 10.3 Å². The first-order valence-corrected chi connectivity index (χ1v) is 7.44. The van der Waals surface area contributed by atoms with Gasteiger partial charge in [0.05, 0.1) is 23.0 Å². The largest absolute Gasteiger partial charge is 0.478 e. The van der Waals surface area contributed by atoms with Gasteiger partial charge in [0.2, 0.25) is 11.7 Å². The molecule has 10 heteroatoms. The van der Waals surface area contributed by atoms with Crippen molar-refractivity contribution in [1.82, 2.24) is 30.4 Å². The smallest absolute Gasteiger partial charge is 0.335 e. The van der Waals surface area contributed by atoms with Crippen molar-refractivity contribution < 1.29 is 14.7 Å². The van der Waals surface area contributed by atoms with Gasteiger partial charge in [-0.1, -0.05) is 0 Å². The highest BCUT2D eigenvalue weighted by Gasteiger charge is 2.17. The number of nitrogens with zero attached hydrogens (tertiary/aromatic N) is 5. The number of tetrazole rings is 1. The lowest BCUT2D eigenvalue weighted by molar-refractivity contribution is 0.0697. The Kier molecular flexibility index (Phi) is 3.43. The van der Waals surface area contributed by atoms with Crippen molar-refractivity contribution >= 4 is 22.8 Å². The van der Waals surface area contributed by atoms with E-state index in [0.29, 0.717) is 22.2 Å². The maximum Gasteiger partial charge on any atom is 0.335 e. The van der Waals surface area contributed by atoms with Crippen molar-refractivity contribution in [1.29, 1.82) is 0 Å². The number of aromatic carboxylic acids is 1. The average Bonchev–Trinajstić information content (AvgIpc) is 3.30. The number of aromatic nitrogens is 6. The van der Waals surface area contributed by atoms with Crippen LogP contribution in [0.3, 0.4) is 0 Å². The number of aromatic amines is 1. The molecule has 128 valence electrons. The number of H-pyrrole nitrogens is 1. The van der Waals surface area contributed by atoms with Crippen molar-refractivity contribution in [2.45, 2.75) is 0 Å². The summed E-state index contributed by atoms with van der Waals surface area (Å²) in [5, 5.41) is 27.9. The van der Waals surface area contributed by atoms with E-state index >= 15 is 0 Å². The second kappa shape index (κ2) is 5.77. The standard InChI is InChI=1S/C16H11N7O3/c17-14(24)8-1-4-13(11(6-8)15-19-21-22-20-15)23-12-3-2-9(16(25)26)5-10(12)7-18-23/h1-7H,(H2,17,24)(H,25,26)(H,19,20,21,22). The molecule has 0 aliphatic carbocycles. The summed E-state index contributed by atoms with van der Waals surface area (Å²) in [6.45, 7) is 0. The second-order valence-electron chi connectivity index (χ2n) is 5.47. The van der Waals surface area contributed by atoms with Gasteiger partial charge in [0.15, 0.2) is 0 Å². The van der Waals surface area contributed by atoms with Crippen molar-refractivity contribution in [2.24, 2.45) is 5.73 Å². The van der Waals surface area contributed by atoms with Crippen molar-refractivity contribution in [3.63, 3.8) is 0 Å². The van der Waals surface area contributed by atoms with E-state index in [1.165, 1.54) is 12.1 Å². The number of nitrogens with one attached hydrogen (secondary N) is 1. The number of primary amides is 1. The zero-order valence-corrected chi connectivity index (χ0v) is 13.1. The molecule has 1 amide bonds. The second-order valence-corrected chi connectivity index (χ2v) is 5.47. The lowest BCUT2D eigenvalue weighted by atomic mass is 10.1. The summed E-state index contributed by atoms with van der Waals surface area (Å²) in [6, 6.07) is 9.49. The summed E-state index contributed by atoms with van der Waals surface area (Å²) in [4.78, 5) is 22.6. The van der Waals surface area contributed by atoms with Crippen LogP contribution in [-0.2, 0) is 0 Å². The highest BCUT2D eigenvalue weighted by molar-refractivity contribution is 5.96. The number of hydrogen-bond acceptors (Lipinski definition) is 6. The number of fused-ring (bicyclic) bond motifs is 1. The van der Waals surface area contributed by atoms with Crippen LogP contribution in [0.25, 0.3) is 28.0 Å². The number of carbonyl (C=O) groups excluding carboxylic acids is 1. The third kappa shape index (κ3) is 2.45. The summed E-state index contributed by atoms with van der Waals surface area (Å²) in [6.07, 6.45) is 1.56. The lowest BCUT2D eigenvalue weighted by Crippen LogP contribution is -2.12. The number of nitrogens with two attached hydrogens (primary N) is 1. The minimum atomic E-state index is -1.02. The van der Waals surface area contributed by atoms with Crippen LogP contribution in [0.1, 0.15) is 20.7 Å². The highest BCUT2D eigenvalue weighted by Crippen LogP contribution is 2.28. The molecule has 0 aliphatic heterocycles. The SMILES string of the molecule is NC(=O)c1ccc(-n2ncc3cc(C(=O)O)ccc32)c(-c2nn[nH]n2)c1. The minimum Gasteiger partial charge on any atom is -0.478 e. The third-order valence-corrected chi connectivity index (χ3v) is 3.91. The Morgan fingerprint density at radius 1 is 1.12 bits per heavy atom. The maximum atomic E-state index is 11.5. The van der Waals surface area contributed by atoms with Crippen LogP contribution in [0.4, 0.5) is 0 Å². The average molecular weight is 349 g/mol. The van der Waals surface area contributed by atoms with Gasteiger partial charge in [-0.15, -0.1) is 10.2 Å². The number of carboxylic acid groups (broad SMARTS) is 1. The van der Waals surface area contributed by atoms with Gasteiger partial charge in [0.1, 0.15) is 0 Å². The topological polar surface area (TPSA) is 153 Å². The first-order valence-electron chi connectivity index (χ1n) is 7.44. The number of amides is 1. The van der Waals surface area contributed by atoms with Crippen molar-refractivity contribution in [3.05, 3.63) is 53.7 Å². The molecule has 0 aliphatic rings. The fourth-order valence-corrected chi connectivity index (χ4v) is 2.69. The molecule has 0 saturated heterocycles. The molecule has 0 radical (unpaired) electrons. The van der Waals surface area contributed by atoms with E-state index in [1.807, 2.05) is 0 Å². The summed E-state index contributed by atoms with van der Waals surface area (Å²) in [7, 11) is 0. The molecule has 0 fully saturated rings. The molecule has 0 unspecified atom stereocenters. The van der Waals surface area contributed by atoms with E-state index in [1.54, 1.807) is 35.1 Å². The van der Waals surface area contributed by atoms with Gasteiger partial charge in [-0.3, -0.25) is 4.79 Å². The molecule has 26 heavy (non-hydrogen) atoms. The lowest BCUT2D eigenvalue weighted by Gasteiger charge is -2.09. The Morgan fingerprint density at radius 3 is 2.62 bits per heavy atom. The Balaban J connectivity index is 1.94. The Morgan fingerprint density at radius 2 is 1.92 bits per heavy atom. The van der Waals surface area contributed by atoms with E-state index in [2.05, 4.69) is 25.7 Å². The summed E-state index contributed by atoms with van der Waals surface area (Å²) < 4.78 is 1.61. The molecule has 4 N–H and O–H groups in total. The Hall–Kier alpha value is -4.08. The first kappa shape index (κ1) is 15.4. The molecule has 0 bridgehead atoms. The Bertz CT molecular complexity index is 1150. The van der Waals surface area contributed by atoms with E-state index in [9.17, 15) is 9.59 Å². The molecule has 0 spiro atoms. The zero-order valence-electron chi connectivity index (χ0n) is 13.1. The molecular formula is C16H11N7O3. The van der Waals surface area contributed by atoms with E-state index in [4.69, 9.17) is 10.8 Å². The molecular weight excluding hydrogens is 338 g/mol. The van der Waals surface area contributed by atoms with Gasteiger partial charge in [-0.05, 0) is 41.6 Å². The van der Waals surface area contributed by atoms with Crippen LogP contribution in [0.15, 0.2) is 42.6 Å². The number of carbonyl (C=O) groups is 2. The van der Waals surface area contributed by atoms with Gasteiger partial charge >= 0.3 is 5.97 Å². The molecule has 2 aromatic heterocycles. The van der Waals surface area contributed by atoms with Crippen LogP contribution in [0.5, 0.6) is 0 Å². The van der Waals surface area contributed by atoms with Crippen molar-refractivity contribution in [3.8, 4) is 17.1 Å². The van der Waals surface area contributed by atoms with Gasteiger partial charge < -0.3 is 10.8 Å². The van der Waals surface area contributed by atoms with Crippen LogP contribution < -0.4 is 5.73 Å². The molecule has 0 atom stereocenters. The van der Waals surface area contributed by atoms with E-state index in [-0.39, 0.29) is 17.0 Å². The van der Waals surface area contributed by atoms with Crippen molar-refractivity contribution in [2.75, 3.05) is 0 Å².